The Labute approximate surface area is 213 Å². The van der Waals surface area contributed by atoms with Crippen LogP contribution in [0.25, 0.3) is 10.9 Å². The van der Waals surface area contributed by atoms with Crippen LogP contribution in [0.4, 0.5) is 24.8 Å². The monoisotopic (exact) mass is 517 g/mol. The fourth-order valence-corrected chi connectivity index (χ4v) is 4.13. The Bertz CT molecular complexity index is 1230. The summed E-state index contributed by atoms with van der Waals surface area (Å²) in [4.78, 5) is 23.6. The van der Waals surface area contributed by atoms with Crippen molar-refractivity contribution in [2.24, 2.45) is 0 Å². The molecule has 1 aliphatic rings. The molecule has 0 bridgehead atoms. The van der Waals surface area contributed by atoms with Crippen molar-refractivity contribution < 1.29 is 27.4 Å². The number of benzene rings is 2. The molecule has 0 saturated carbocycles. The second kappa shape index (κ2) is 11.7. The average molecular weight is 518 g/mol. The van der Waals surface area contributed by atoms with Gasteiger partial charge in [-0.15, -0.1) is 13.2 Å². The predicted octanol–water partition coefficient (Wildman–Crippen LogP) is 4.85. The molecule has 0 unspecified atom stereocenters. The van der Waals surface area contributed by atoms with Gasteiger partial charge in [-0.25, -0.2) is 9.97 Å². The molecule has 0 radical (unpaired) electrons. The zero-order valence-electron chi connectivity index (χ0n) is 20.8. The molecule has 2 aromatic carbocycles. The summed E-state index contributed by atoms with van der Waals surface area (Å²) >= 11 is 0. The second-order valence-electron chi connectivity index (χ2n) is 9.08. The van der Waals surface area contributed by atoms with E-state index >= 15 is 0 Å². The summed E-state index contributed by atoms with van der Waals surface area (Å²) in [5.74, 6) is -0.714. The van der Waals surface area contributed by atoms with E-state index in [0.29, 0.717) is 25.3 Å². The molecule has 1 saturated heterocycles. The van der Waals surface area contributed by atoms with Gasteiger partial charge in [-0.2, -0.15) is 0 Å². The number of carbonyl (C=O) groups excluding carboxylic acids is 1. The third-order valence-corrected chi connectivity index (χ3v) is 6.02. The Hall–Kier alpha value is -3.44. The molecule has 198 valence electrons. The Balaban J connectivity index is 1.49. The minimum absolute atomic E-state index is 0.0115. The molecule has 11 heteroatoms. The minimum atomic E-state index is -4.95. The highest BCUT2D eigenvalue weighted by atomic mass is 19.4. The molecule has 1 amide bonds. The summed E-state index contributed by atoms with van der Waals surface area (Å²) in [6.45, 7) is 8.35. The number of morpholine rings is 1. The van der Waals surface area contributed by atoms with Crippen LogP contribution in [-0.4, -0.2) is 66.5 Å². The lowest BCUT2D eigenvalue weighted by molar-refractivity contribution is -0.274. The van der Waals surface area contributed by atoms with E-state index in [-0.39, 0.29) is 23.1 Å². The van der Waals surface area contributed by atoms with E-state index in [1.54, 1.807) is 6.20 Å². The van der Waals surface area contributed by atoms with Gasteiger partial charge in [-0.05, 0) is 42.6 Å². The topological polar surface area (TPSA) is 88.6 Å². The van der Waals surface area contributed by atoms with E-state index in [9.17, 15) is 18.0 Å². The van der Waals surface area contributed by atoms with Crippen LogP contribution in [0.15, 0.2) is 42.6 Å². The third-order valence-electron chi connectivity index (χ3n) is 6.02. The van der Waals surface area contributed by atoms with Crippen LogP contribution in [0.1, 0.15) is 42.1 Å². The van der Waals surface area contributed by atoms with Gasteiger partial charge in [0.15, 0.2) is 5.75 Å². The van der Waals surface area contributed by atoms with Crippen molar-refractivity contribution in [3.05, 3.63) is 53.7 Å². The highest BCUT2D eigenvalue weighted by molar-refractivity contribution is 5.95. The summed E-state index contributed by atoms with van der Waals surface area (Å²) < 4.78 is 49.1. The van der Waals surface area contributed by atoms with Crippen LogP contribution >= 0.6 is 0 Å². The highest BCUT2D eigenvalue weighted by Crippen LogP contribution is 2.33. The average Bonchev–Trinajstić information content (AvgIpc) is 2.86. The Morgan fingerprint density at radius 2 is 1.97 bits per heavy atom. The Kier molecular flexibility index (Phi) is 8.45. The fourth-order valence-electron chi connectivity index (χ4n) is 4.13. The first-order valence-electron chi connectivity index (χ1n) is 12.2. The number of alkyl halides is 3. The van der Waals surface area contributed by atoms with Crippen molar-refractivity contribution >= 4 is 28.4 Å². The maximum Gasteiger partial charge on any atom is 0.573 e. The van der Waals surface area contributed by atoms with Gasteiger partial charge in [0, 0.05) is 36.8 Å². The van der Waals surface area contributed by atoms with Crippen molar-refractivity contribution in [3.8, 4) is 5.75 Å². The number of para-hydroxylation sites is 1. The number of ether oxygens (including phenoxy) is 2. The number of rotatable bonds is 9. The van der Waals surface area contributed by atoms with Crippen molar-refractivity contribution in [1.29, 1.82) is 0 Å². The number of halogens is 3. The first-order valence-corrected chi connectivity index (χ1v) is 12.2. The number of hydrogen-bond acceptors (Lipinski definition) is 7. The Morgan fingerprint density at radius 1 is 1.19 bits per heavy atom. The number of nitrogens with zero attached hydrogens (tertiary/aromatic N) is 3. The van der Waals surface area contributed by atoms with E-state index in [4.69, 9.17) is 4.74 Å². The highest BCUT2D eigenvalue weighted by Gasteiger charge is 2.32. The standard InChI is InChI=1S/C26H30F3N5O3/c1-17(2)20-6-3-5-19-16-31-25(33-23(19)20)32-21-8-7-18(15-22(21)37-26(27,28)29)24(35)30-9-4-10-34-11-13-36-14-12-34/h3,5-8,15-17H,4,9-14H2,1-2H3,(H,30,35)(H,31,32,33). The first kappa shape index (κ1) is 26.6. The summed E-state index contributed by atoms with van der Waals surface area (Å²) in [6.07, 6.45) is -2.62. The number of fused-ring (bicyclic) bond motifs is 1. The SMILES string of the molecule is CC(C)c1cccc2cnc(Nc3ccc(C(=O)NCCCN4CCOCC4)cc3OC(F)(F)F)nc12. The first-order chi connectivity index (χ1) is 17.7. The molecule has 1 aliphatic heterocycles. The molecule has 37 heavy (non-hydrogen) atoms. The van der Waals surface area contributed by atoms with Gasteiger partial charge in [0.2, 0.25) is 5.95 Å². The van der Waals surface area contributed by atoms with Gasteiger partial charge in [0.25, 0.3) is 5.91 Å². The van der Waals surface area contributed by atoms with Gasteiger partial charge >= 0.3 is 6.36 Å². The number of hydrogen-bond donors (Lipinski definition) is 2. The summed E-state index contributed by atoms with van der Waals surface area (Å²) in [6, 6.07) is 9.59. The van der Waals surface area contributed by atoms with Crippen LogP contribution in [-0.2, 0) is 4.74 Å². The quantitative estimate of drug-likeness (QED) is 0.393. The number of anilines is 2. The number of nitrogens with one attached hydrogen (secondary N) is 2. The normalized spacial score (nSPS) is 14.6. The lowest BCUT2D eigenvalue weighted by Gasteiger charge is -2.26. The van der Waals surface area contributed by atoms with E-state index in [0.717, 1.165) is 43.1 Å². The molecular formula is C26H30F3N5O3. The van der Waals surface area contributed by atoms with E-state index < -0.39 is 18.0 Å². The molecule has 2 N–H and O–H groups in total. The maximum absolute atomic E-state index is 13.2. The van der Waals surface area contributed by atoms with Gasteiger partial charge in [0.1, 0.15) is 0 Å². The molecule has 8 nitrogen and oxygen atoms in total. The van der Waals surface area contributed by atoms with E-state index in [2.05, 4.69) is 30.2 Å². The van der Waals surface area contributed by atoms with Crippen LogP contribution < -0.4 is 15.4 Å². The summed E-state index contributed by atoms with van der Waals surface area (Å²) in [5, 5.41) is 6.39. The fraction of sp³-hybridized carbons (Fsp3) is 0.423. The van der Waals surface area contributed by atoms with Crippen molar-refractivity contribution in [1.82, 2.24) is 20.2 Å². The smallest absolute Gasteiger partial charge is 0.404 e. The molecule has 0 aliphatic carbocycles. The third kappa shape index (κ3) is 7.30. The van der Waals surface area contributed by atoms with Crippen molar-refractivity contribution in [3.63, 3.8) is 0 Å². The predicted molar refractivity (Wildman–Crippen MR) is 134 cm³/mol. The number of aromatic nitrogens is 2. The summed E-state index contributed by atoms with van der Waals surface area (Å²) in [5.41, 5.74) is 1.75. The van der Waals surface area contributed by atoms with Crippen molar-refractivity contribution in [2.45, 2.75) is 32.5 Å². The second-order valence-corrected chi connectivity index (χ2v) is 9.08. The molecule has 0 atom stereocenters. The molecule has 0 spiro atoms. The minimum Gasteiger partial charge on any atom is -0.404 e. The lowest BCUT2D eigenvalue weighted by atomic mass is 10.0. The lowest BCUT2D eigenvalue weighted by Crippen LogP contribution is -2.38. The van der Waals surface area contributed by atoms with Crippen molar-refractivity contribution in [2.75, 3.05) is 44.7 Å². The van der Waals surface area contributed by atoms with Crippen LogP contribution in [0.3, 0.4) is 0 Å². The molecule has 1 aromatic heterocycles. The van der Waals surface area contributed by atoms with Gasteiger partial charge in [0.05, 0.1) is 24.4 Å². The van der Waals surface area contributed by atoms with E-state index in [1.807, 2.05) is 32.0 Å². The van der Waals surface area contributed by atoms with Crippen LogP contribution in [0, 0.1) is 0 Å². The zero-order chi connectivity index (χ0) is 26.4. The zero-order valence-corrected chi connectivity index (χ0v) is 20.8. The number of carbonyl (C=O) groups is 1. The number of amides is 1. The van der Waals surface area contributed by atoms with E-state index in [1.165, 1.54) is 12.1 Å². The van der Waals surface area contributed by atoms with Gasteiger partial charge in [-0.1, -0.05) is 32.0 Å². The van der Waals surface area contributed by atoms with Gasteiger partial charge in [-0.3, -0.25) is 9.69 Å². The summed E-state index contributed by atoms with van der Waals surface area (Å²) in [7, 11) is 0. The molecule has 4 rings (SSSR count). The maximum atomic E-state index is 13.2. The Morgan fingerprint density at radius 3 is 2.70 bits per heavy atom. The largest absolute Gasteiger partial charge is 0.573 e. The van der Waals surface area contributed by atoms with Gasteiger partial charge < -0.3 is 20.1 Å². The molecular weight excluding hydrogens is 487 g/mol. The van der Waals surface area contributed by atoms with Crippen LogP contribution in [0.5, 0.6) is 5.75 Å². The molecule has 1 fully saturated rings. The molecule has 2 heterocycles. The van der Waals surface area contributed by atoms with Crippen LogP contribution in [0.2, 0.25) is 0 Å². The molecule has 3 aromatic rings.